The van der Waals surface area contributed by atoms with Gasteiger partial charge in [-0.2, -0.15) is 0 Å². The number of carbonyl (C=O) groups excluding carboxylic acids is 1. The third-order valence-electron chi connectivity index (χ3n) is 3.44. The van der Waals surface area contributed by atoms with Crippen molar-refractivity contribution in [3.63, 3.8) is 0 Å². The molecule has 0 radical (unpaired) electrons. The number of amides is 2. The fraction of sp³-hybridized carbons (Fsp3) is 0.286. The van der Waals surface area contributed by atoms with Gasteiger partial charge in [-0.25, -0.2) is 9.78 Å². The number of anilines is 2. The lowest BCUT2D eigenvalue weighted by atomic mass is 10.2. The second-order valence-electron chi connectivity index (χ2n) is 4.73. The standard InChI is InChI=1S/C14H16N4O2S/c19-12-4-2-1-3-11(12)17-6-8-18(9-7-17)14(20)16-13-15-5-10-21-13/h1-5,10,19H,6-9H2,(H,15,16,20). The number of phenolic OH excluding ortho intramolecular Hbond substituents is 1. The fourth-order valence-corrected chi connectivity index (χ4v) is 2.86. The van der Waals surface area contributed by atoms with E-state index in [4.69, 9.17) is 0 Å². The van der Waals surface area contributed by atoms with Crippen LogP contribution in [-0.4, -0.2) is 47.2 Å². The fourth-order valence-electron chi connectivity index (χ4n) is 2.34. The minimum atomic E-state index is -0.123. The quantitative estimate of drug-likeness (QED) is 0.892. The van der Waals surface area contributed by atoms with Crippen LogP contribution in [0.5, 0.6) is 5.75 Å². The highest BCUT2D eigenvalue weighted by Crippen LogP contribution is 2.27. The summed E-state index contributed by atoms with van der Waals surface area (Å²) in [6.45, 7) is 2.63. The highest BCUT2D eigenvalue weighted by Gasteiger charge is 2.22. The maximum Gasteiger partial charge on any atom is 0.323 e. The van der Waals surface area contributed by atoms with E-state index in [-0.39, 0.29) is 11.8 Å². The molecule has 2 heterocycles. The number of nitrogens with one attached hydrogen (secondary N) is 1. The molecule has 0 unspecified atom stereocenters. The molecule has 2 N–H and O–H groups in total. The number of aromatic hydroxyl groups is 1. The van der Waals surface area contributed by atoms with Crippen LogP contribution >= 0.6 is 11.3 Å². The summed E-state index contributed by atoms with van der Waals surface area (Å²) in [4.78, 5) is 20.0. The first kappa shape index (κ1) is 13.7. The number of carbonyl (C=O) groups is 1. The highest BCUT2D eigenvalue weighted by molar-refractivity contribution is 7.13. The SMILES string of the molecule is O=C(Nc1nccs1)N1CCN(c2ccccc2O)CC1. The van der Waals surface area contributed by atoms with E-state index in [9.17, 15) is 9.90 Å². The molecule has 0 atom stereocenters. The van der Waals surface area contributed by atoms with Crippen LogP contribution in [0.25, 0.3) is 0 Å². The van der Waals surface area contributed by atoms with Gasteiger partial charge in [0.15, 0.2) is 5.13 Å². The number of benzene rings is 1. The molecule has 2 amide bonds. The van der Waals surface area contributed by atoms with Crippen molar-refractivity contribution in [2.24, 2.45) is 0 Å². The second-order valence-corrected chi connectivity index (χ2v) is 5.62. The number of hydrogen-bond acceptors (Lipinski definition) is 5. The molecule has 1 aromatic heterocycles. The lowest BCUT2D eigenvalue weighted by Gasteiger charge is -2.36. The lowest BCUT2D eigenvalue weighted by molar-refractivity contribution is 0.208. The van der Waals surface area contributed by atoms with E-state index in [0.29, 0.717) is 31.3 Å². The monoisotopic (exact) mass is 304 g/mol. The van der Waals surface area contributed by atoms with Crippen LogP contribution in [0.1, 0.15) is 0 Å². The minimum absolute atomic E-state index is 0.123. The number of para-hydroxylation sites is 2. The van der Waals surface area contributed by atoms with Crippen molar-refractivity contribution in [1.29, 1.82) is 0 Å². The molecular formula is C14H16N4O2S. The topological polar surface area (TPSA) is 68.7 Å². The Morgan fingerprint density at radius 3 is 2.67 bits per heavy atom. The van der Waals surface area contributed by atoms with E-state index in [2.05, 4.69) is 15.2 Å². The number of aromatic nitrogens is 1. The highest BCUT2D eigenvalue weighted by atomic mass is 32.1. The molecule has 1 fully saturated rings. The molecule has 7 heteroatoms. The first-order valence-corrected chi connectivity index (χ1v) is 7.60. The van der Waals surface area contributed by atoms with E-state index in [1.807, 2.05) is 17.5 Å². The van der Waals surface area contributed by atoms with Gasteiger partial charge in [0.2, 0.25) is 0 Å². The summed E-state index contributed by atoms with van der Waals surface area (Å²) in [7, 11) is 0. The number of hydrogen-bond donors (Lipinski definition) is 2. The Labute approximate surface area is 126 Å². The van der Waals surface area contributed by atoms with Crippen LogP contribution in [0, 0.1) is 0 Å². The van der Waals surface area contributed by atoms with Gasteiger partial charge in [0.05, 0.1) is 5.69 Å². The Bertz CT molecular complexity index is 609. The molecule has 0 aliphatic carbocycles. The number of rotatable bonds is 2. The van der Waals surface area contributed by atoms with E-state index in [1.54, 1.807) is 23.2 Å². The van der Waals surface area contributed by atoms with Gasteiger partial charge in [-0.05, 0) is 12.1 Å². The summed E-state index contributed by atoms with van der Waals surface area (Å²) in [5.41, 5.74) is 0.817. The summed E-state index contributed by atoms with van der Waals surface area (Å²) in [5, 5.41) is 15.1. The van der Waals surface area contributed by atoms with Gasteiger partial charge in [-0.1, -0.05) is 12.1 Å². The van der Waals surface area contributed by atoms with Gasteiger partial charge in [0.1, 0.15) is 5.75 Å². The molecule has 0 spiro atoms. The lowest BCUT2D eigenvalue weighted by Crippen LogP contribution is -2.50. The van der Waals surface area contributed by atoms with E-state index in [0.717, 1.165) is 5.69 Å². The zero-order valence-electron chi connectivity index (χ0n) is 11.4. The third-order valence-corrected chi connectivity index (χ3v) is 4.12. The molecule has 21 heavy (non-hydrogen) atoms. The van der Waals surface area contributed by atoms with Crippen LogP contribution in [0.15, 0.2) is 35.8 Å². The van der Waals surface area contributed by atoms with E-state index in [1.165, 1.54) is 11.3 Å². The second kappa shape index (κ2) is 6.01. The van der Waals surface area contributed by atoms with Crippen LogP contribution < -0.4 is 10.2 Å². The summed E-state index contributed by atoms with van der Waals surface area (Å²) in [5.74, 6) is 0.276. The zero-order chi connectivity index (χ0) is 14.7. The van der Waals surface area contributed by atoms with Crippen molar-refractivity contribution in [3.05, 3.63) is 35.8 Å². The minimum Gasteiger partial charge on any atom is -0.506 e. The summed E-state index contributed by atoms with van der Waals surface area (Å²) < 4.78 is 0. The van der Waals surface area contributed by atoms with Crippen molar-refractivity contribution in [2.75, 3.05) is 36.4 Å². The summed E-state index contributed by atoms with van der Waals surface area (Å²) in [6, 6.07) is 7.15. The van der Waals surface area contributed by atoms with Crippen LogP contribution in [-0.2, 0) is 0 Å². The molecule has 110 valence electrons. The normalized spacial score (nSPS) is 15.0. The van der Waals surface area contributed by atoms with Gasteiger partial charge in [-0.3, -0.25) is 5.32 Å². The van der Waals surface area contributed by atoms with Crippen LogP contribution in [0.4, 0.5) is 15.6 Å². The Kier molecular flexibility index (Phi) is 3.92. The van der Waals surface area contributed by atoms with Crippen molar-refractivity contribution >= 4 is 28.2 Å². The Balaban J connectivity index is 1.58. The maximum atomic E-state index is 12.1. The van der Waals surface area contributed by atoms with Crippen LogP contribution in [0.2, 0.25) is 0 Å². The first-order chi connectivity index (χ1) is 10.2. The number of urea groups is 1. The van der Waals surface area contributed by atoms with E-state index >= 15 is 0 Å². The molecule has 0 saturated carbocycles. The van der Waals surface area contributed by atoms with Crippen LogP contribution in [0.3, 0.4) is 0 Å². The van der Waals surface area contributed by atoms with Gasteiger partial charge in [-0.15, -0.1) is 11.3 Å². The number of nitrogens with zero attached hydrogens (tertiary/aromatic N) is 3. The first-order valence-electron chi connectivity index (χ1n) is 6.72. The Morgan fingerprint density at radius 2 is 2.00 bits per heavy atom. The van der Waals surface area contributed by atoms with E-state index < -0.39 is 0 Å². The van der Waals surface area contributed by atoms with Crippen molar-refractivity contribution in [1.82, 2.24) is 9.88 Å². The predicted octanol–water partition coefficient (Wildman–Crippen LogP) is 2.20. The predicted molar refractivity (Wildman–Crippen MR) is 83.0 cm³/mol. The average Bonchev–Trinajstić information content (AvgIpc) is 3.01. The number of thiazole rings is 1. The van der Waals surface area contributed by atoms with Gasteiger partial charge in [0, 0.05) is 37.8 Å². The molecule has 6 nitrogen and oxygen atoms in total. The molecule has 3 rings (SSSR count). The zero-order valence-corrected chi connectivity index (χ0v) is 12.2. The van der Waals surface area contributed by atoms with Gasteiger partial charge >= 0.3 is 6.03 Å². The molecule has 1 aliphatic rings. The summed E-state index contributed by atoms with van der Waals surface area (Å²) in [6.07, 6.45) is 1.66. The molecule has 1 saturated heterocycles. The molecule has 2 aromatic rings. The Morgan fingerprint density at radius 1 is 1.24 bits per heavy atom. The van der Waals surface area contributed by atoms with Crippen molar-refractivity contribution in [2.45, 2.75) is 0 Å². The third kappa shape index (κ3) is 3.08. The van der Waals surface area contributed by atoms with Crippen molar-refractivity contribution < 1.29 is 9.90 Å². The molecule has 0 bridgehead atoms. The maximum absolute atomic E-state index is 12.1. The summed E-state index contributed by atoms with van der Waals surface area (Å²) >= 11 is 1.40. The molecular weight excluding hydrogens is 288 g/mol. The average molecular weight is 304 g/mol. The van der Waals surface area contributed by atoms with Gasteiger partial charge < -0.3 is 14.9 Å². The smallest absolute Gasteiger partial charge is 0.323 e. The van der Waals surface area contributed by atoms with Crippen molar-refractivity contribution in [3.8, 4) is 5.75 Å². The molecule has 1 aliphatic heterocycles. The Hall–Kier alpha value is -2.28. The number of piperazine rings is 1. The van der Waals surface area contributed by atoms with Gasteiger partial charge in [0.25, 0.3) is 0 Å². The molecule has 1 aromatic carbocycles. The number of phenols is 1. The largest absolute Gasteiger partial charge is 0.506 e.